The summed E-state index contributed by atoms with van der Waals surface area (Å²) in [6, 6.07) is 17.3. The lowest BCUT2D eigenvalue weighted by molar-refractivity contribution is 0.261. The van der Waals surface area contributed by atoms with E-state index in [1.807, 2.05) is 50.2 Å². The maximum Gasteiger partial charge on any atom is 0.323 e. The number of nitrogens with one attached hydrogen (secondary N) is 4. The Bertz CT molecular complexity index is 1020. The second-order valence-corrected chi connectivity index (χ2v) is 8.38. The Morgan fingerprint density at radius 1 is 0.600 bits per heavy atom. The minimum atomic E-state index is -0.372. The molecule has 8 heteroatoms. The Morgan fingerprint density at radius 2 is 0.967 bits per heavy atom. The van der Waals surface area contributed by atoms with Gasteiger partial charge in [0.25, 0.3) is 0 Å². The van der Waals surface area contributed by atoms with E-state index in [9.17, 15) is 9.59 Å². The summed E-state index contributed by atoms with van der Waals surface area (Å²) in [5.74, 6) is 0. The molecule has 0 spiro atoms. The largest absolute Gasteiger partial charge is 0.323 e. The van der Waals surface area contributed by atoms with Gasteiger partial charge in [-0.2, -0.15) is 0 Å². The Hall–Kier alpha value is -2.84. The lowest BCUT2D eigenvalue weighted by atomic mass is 10.2. The van der Waals surface area contributed by atoms with Crippen LogP contribution in [0, 0.1) is 13.8 Å². The molecular weight excluding hydrogens is 512 g/mol. The van der Waals surface area contributed by atoms with E-state index in [1.54, 1.807) is 24.3 Å². The molecule has 6 nitrogen and oxygen atoms in total. The summed E-state index contributed by atoms with van der Waals surface area (Å²) in [5.41, 5.74) is 4.52. The summed E-state index contributed by atoms with van der Waals surface area (Å²) in [6.07, 6.45) is 0. The molecule has 0 heterocycles. The van der Waals surface area contributed by atoms with Crippen molar-refractivity contribution in [1.29, 1.82) is 0 Å². The number of anilines is 4. The fourth-order valence-corrected chi connectivity index (χ4v) is 3.20. The fraction of sp³-hybridized carbons (Fsp3) is 0.0909. The van der Waals surface area contributed by atoms with Crippen molar-refractivity contribution < 1.29 is 9.59 Å². The van der Waals surface area contributed by atoms with Crippen LogP contribution in [0.3, 0.4) is 0 Å². The van der Waals surface area contributed by atoms with Crippen LogP contribution in [0.1, 0.15) is 11.1 Å². The van der Waals surface area contributed by atoms with Crippen molar-refractivity contribution in [2.45, 2.75) is 13.8 Å². The smallest absolute Gasteiger partial charge is 0.308 e. The minimum Gasteiger partial charge on any atom is -0.308 e. The van der Waals surface area contributed by atoms with E-state index < -0.39 is 0 Å². The van der Waals surface area contributed by atoms with Crippen LogP contribution in [-0.2, 0) is 0 Å². The van der Waals surface area contributed by atoms with E-state index in [-0.39, 0.29) is 12.1 Å². The SMILES string of the molecule is Cc1cc(NC(=O)Nc2cccc(NC(=O)Nc3ccc(Br)c(C)c3)c2)ccc1Br. The first-order valence-electron chi connectivity index (χ1n) is 9.08. The maximum absolute atomic E-state index is 12.3. The number of hydrogen-bond donors (Lipinski definition) is 4. The molecule has 3 aromatic rings. The minimum absolute atomic E-state index is 0.372. The maximum atomic E-state index is 12.3. The Balaban J connectivity index is 1.59. The van der Waals surface area contributed by atoms with Crippen molar-refractivity contribution >= 4 is 66.7 Å². The molecule has 0 saturated heterocycles. The molecule has 0 aliphatic carbocycles. The zero-order chi connectivity index (χ0) is 21.7. The third kappa shape index (κ3) is 6.08. The number of carbonyl (C=O) groups is 2. The van der Waals surface area contributed by atoms with E-state index in [1.165, 1.54) is 0 Å². The van der Waals surface area contributed by atoms with Gasteiger partial charge in [0.2, 0.25) is 0 Å². The van der Waals surface area contributed by atoms with Crippen molar-refractivity contribution in [2.75, 3.05) is 21.3 Å². The van der Waals surface area contributed by atoms with Crippen molar-refractivity contribution in [3.63, 3.8) is 0 Å². The predicted molar refractivity (Wildman–Crippen MR) is 129 cm³/mol. The summed E-state index contributed by atoms with van der Waals surface area (Å²) < 4.78 is 1.95. The average molecular weight is 532 g/mol. The van der Waals surface area contributed by atoms with E-state index in [2.05, 4.69) is 53.1 Å². The molecule has 0 unspecified atom stereocenters. The molecule has 0 bridgehead atoms. The first-order valence-corrected chi connectivity index (χ1v) is 10.7. The number of hydrogen-bond acceptors (Lipinski definition) is 2. The Kier molecular flexibility index (Phi) is 7.12. The first-order chi connectivity index (χ1) is 14.3. The third-order valence-electron chi connectivity index (χ3n) is 4.21. The van der Waals surface area contributed by atoms with Gasteiger partial charge >= 0.3 is 12.1 Å². The number of carbonyl (C=O) groups excluding carboxylic acids is 2. The van der Waals surface area contributed by atoms with Crippen LogP contribution in [0.15, 0.2) is 69.6 Å². The molecule has 4 amide bonds. The molecule has 3 rings (SSSR count). The van der Waals surface area contributed by atoms with Gasteiger partial charge in [-0.15, -0.1) is 0 Å². The number of benzene rings is 3. The van der Waals surface area contributed by atoms with Crippen LogP contribution in [0.2, 0.25) is 0 Å². The monoisotopic (exact) mass is 530 g/mol. The van der Waals surface area contributed by atoms with Crippen molar-refractivity contribution in [3.05, 3.63) is 80.7 Å². The standard InChI is InChI=1S/C22H20Br2N4O2/c1-13-10-17(6-8-19(13)23)27-21(29)25-15-4-3-5-16(12-15)26-22(30)28-18-7-9-20(24)14(2)11-18/h3-12H,1-2H3,(H2,25,27,29)(H2,26,28,30). The zero-order valence-electron chi connectivity index (χ0n) is 16.3. The number of rotatable bonds is 4. The van der Waals surface area contributed by atoms with Crippen LogP contribution < -0.4 is 21.3 Å². The molecule has 0 aromatic heterocycles. The van der Waals surface area contributed by atoms with Gasteiger partial charge in [0.1, 0.15) is 0 Å². The van der Waals surface area contributed by atoms with E-state index >= 15 is 0 Å². The average Bonchev–Trinajstić information content (AvgIpc) is 2.68. The number of halogens is 2. The molecular formula is C22H20Br2N4O2. The quantitative estimate of drug-likeness (QED) is 0.289. The highest BCUT2D eigenvalue weighted by atomic mass is 79.9. The van der Waals surface area contributed by atoms with Gasteiger partial charge in [-0.1, -0.05) is 37.9 Å². The lowest BCUT2D eigenvalue weighted by Crippen LogP contribution is -2.21. The van der Waals surface area contributed by atoms with Crippen molar-refractivity contribution in [3.8, 4) is 0 Å². The number of aryl methyl sites for hydroxylation is 2. The van der Waals surface area contributed by atoms with Gasteiger partial charge in [-0.25, -0.2) is 9.59 Å². The number of urea groups is 2. The van der Waals surface area contributed by atoms with Crippen LogP contribution in [0.25, 0.3) is 0 Å². The third-order valence-corrected chi connectivity index (χ3v) is 5.99. The van der Waals surface area contributed by atoms with Gasteiger partial charge in [-0.05, 0) is 79.6 Å². The van der Waals surface area contributed by atoms with E-state index in [0.29, 0.717) is 22.7 Å². The molecule has 0 fully saturated rings. The fourth-order valence-electron chi connectivity index (χ4n) is 2.71. The summed E-state index contributed by atoms with van der Waals surface area (Å²) in [4.78, 5) is 24.5. The van der Waals surface area contributed by atoms with Crippen molar-refractivity contribution in [2.24, 2.45) is 0 Å². The Morgan fingerprint density at radius 3 is 1.33 bits per heavy atom. The van der Waals surface area contributed by atoms with Crippen LogP contribution >= 0.6 is 31.9 Å². The summed E-state index contributed by atoms with van der Waals surface area (Å²) >= 11 is 6.87. The zero-order valence-corrected chi connectivity index (χ0v) is 19.5. The molecule has 0 aliphatic heterocycles. The van der Waals surface area contributed by atoms with Gasteiger partial charge in [0.15, 0.2) is 0 Å². The predicted octanol–water partition coefficient (Wildman–Crippen LogP) is 7.12. The molecule has 3 aromatic carbocycles. The molecule has 0 atom stereocenters. The summed E-state index contributed by atoms with van der Waals surface area (Å²) in [5, 5.41) is 11.1. The molecule has 30 heavy (non-hydrogen) atoms. The summed E-state index contributed by atoms with van der Waals surface area (Å²) in [7, 11) is 0. The highest BCUT2D eigenvalue weighted by Gasteiger charge is 2.07. The van der Waals surface area contributed by atoms with Crippen molar-refractivity contribution in [1.82, 2.24) is 0 Å². The summed E-state index contributed by atoms with van der Waals surface area (Å²) in [6.45, 7) is 3.89. The molecule has 154 valence electrons. The highest BCUT2D eigenvalue weighted by Crippen LogP contribution is 2.22. The molecule has 4 N–H and O–H groups in total. The molecule has 0 aliphatic rings. The second-order valence-electron chi connectivity index (χ2n) is 6.67. The highest BCUT2D eigenvalue weighted by molar-refractivity contribution is 9.10. The molecule has 0 radical (unpaired) electrons. The Labute approximate surface area is 191 Å². The normalized spacial score (nSPS) is 10.3. The van der Waals surface area contributed by atoms with Gasteiger partial charge in [-0.3, -0.25) is 0 Å². The van der Waals surface area contributed by atoms with E-state index in [0.717, 1.165) is 20.1 Å². The van der Waals surface area contributed by atoms with Gasteiger partial charge < -0.3 is 21.3 Å². The van der Waals surface area contributed by atoms with Gasteiger partial charge in [0, 0.05) is 31.7 Å². The second kappa shape index (κ2) is 9.77. The van der Waals surface area contributed by atoms with E-state index in [4.69, 9.17) is 0 Å². The lowest BCUT2D eigenvalue weighted by Gasteiger charge is -2.11. The first kappa shape index (κ1) is 21.9. The molecule has 0 saturated carbocycles. The van der Waals surface area contributed by atoms with Gasteiger partial charge in [0.05, 0.1) is 0 Å². The number of amides is 4. The van der Waals surface area contributed by atoms with Crippen LogP contribution in [0.4, 0.5) is 32.3 Å². The van der Waals surface area contributed by atoms with Crippen LogP contribution in [-0.4, -0.2) is 12.1 Å². The van der Waals surface area contributed by atoms with Crippen LogP contribution in [0.5, 0.6) is 0 Å². The topological polar surface area (TPSA) is 82.3 Å².